The second-order valence-corrected chi connectivity index (χ2v) is 7.48. The van der Waals surface area contributed by atoms with Crippen LogP contribution in [0.2, 0.25) is 0 Å². The molecule has 1 heterocycles. The maximum Gasteiger partial charge on any atom is 0.229 e. The van der Waals surface area contributed by atoms with E-state index >= 15 is 0 Å². The van der Waals surface area contributed by atoms with Crippen LogP contribution in [0.4, 0.5) is 11.4 Å². The van der Waals surface area contributed by atoms with Gasteiger partial charge in [0.2, 0.25) is 11.8 Å². The number of nitrogens with zero attached hydrogens (tertiary/aromatic N) is 1. The van der Waals surface area contributed by atoms with Crippen LogP contribution in [-0.4, -0.2) is 16.8 Å². The Morgan fingerprint density at radius 2 is 1.96 bits per heavy atom. The lowest BCUT2D eigenvalue weighted by atomic mass is 9.95. The molecule has 2 aromatic rings. The van der Waals surface area contributed by atoms with Gasteiger partial charge in [0.25, 0.3) is 0 Å². The Kier molecular flexibility index (Phi) is 5.72. The minimum atomic E-state index is -0.470. The maximum absolute atomic E-state index is 12.1. The summed E-state index contributed by atoms with van der Waals surface area (Å²) in [6, 6.07) is 5.51. The second-order valence-electron chi connectivity index (χ2n) is 6.76. The van der Waals surface area contributed by atoms with E-state index in [9.17, 15) is 9.59 Å². The standard InChI is InChI=1S/C18H23N3O2S/c1-12-5-6-13(20-17(23)18(2,3)4)9-15(12)21-16(22)8-7-14-10-24-11-19-14/h5-6,9-11H,7-8H2,1-4H3,(H,20,23)(H,21,22). The van der Waals surface area contributed by atoms with Gasteiger partial charge in [-0.1, -0.05) is 26.8 Å². The first kappa shape index (κ1) is 18.1. The van der Waals surface area contributed by atoms with E-state index in [0.717, 1.165) is 11.3 Å². The van der Waals surface area contributed by atoms with E-state index in [1.165, 1.54) is 11.3 Å². The number of hydrogen-bond donors (Lipinski definition) is 2. The normalized spacial score (nSPS) is 11.2. The summed E-state index contributed by atoms with van der Waals surface area (Å²) in [5.74, 6) is -0.127. The molecule has 24 heavy (non-hydrogen) atoms. The summed E-state index contributed by atoms with van der Waals surface area (Å²) in [6.07, 6.45) is 0.997. The van der Waals surface area contributed by atoms with E-state index in [4.69, 9.17) is 0 Å². The maximum atomic E-state index is 12.1. The smallest absolute Gasteiger partial charge is 0.229 e. The van der Waals surface area contributed by atoms with Crippen LogP contribution in [0.3, 0.4) is 0 Å². The zero-order valence-corrected chi connectivity index (χ0v) is 15.3. The van der Waals surface area contributed by atoms with E-state index in [2.05, 4.69) is 15.6 Å². The predicted octanol–water partition coefficient (Wildman–Crippen LogP) is 4.01. The highest BCUT2D eigenvalue weighted by atomic mass is 32.1. The van der Waals surface area contributed by atoms with Gasteiger partial charge in [-0.25, -0.2) is 4.98 Å². The number of aryl methyl sites for hydroxylation is 2. The summed E-state index contributed by atoms with van der Waals surface area (Å²) >= 11 is 1.52. The molecule has 5 nitrogen and oxygen atoms in total. The van der Waals surface area contributed by atoms with E-state index in [1.54, 1.807) is 11.6 Å². The second kappa shape index (κ2) is 7.57. The fourth-order valence-electron chi connectivity index (χ4n) is 1.97. The molecule has 0 unspecified atom stereocenters. The molecule has 2 amide bonds. The molecule has 0 fully saturated rings. The highest BCUT2D eigenvalue weighted by molar-refractivity contribution is 7.07. The molecule has 0 atom stereocenters. The fraction of sp³-hybridized carbons (Fsp3) is 0.389. The van der Waals surface area contributed by atoms with Crippen molar-refractivity contribution in [3.05, 3.63) is 40.3 Å². The van der Waals surface area contributed by atoms with Crippen molar-refractivity contribution >= 4 is 34.5 Å². The van der Waals surface area contributed by atoms with E-state index in [-0.39, 0.29) is 11.8 Å². The van der Waals surface area contributed by atoms with Gasteiger partial charge in [0.1, 0.15) is 0 Å². The van der Waals surface area contributed by atoms with Crippen LogP contribution >= 0.6 is 11.3 Å². The largest absolute Gasteiger partial charge is 0.326 e. The molecule has 1 aromatic carbocycles. The lowest BCUT2D eigenvalue weighted by molar-refractivity contribution is -0.123. The van der Waals surface area contributed by atoms with Crippen molar-refractivity contribution in [2.24, 2.45) is 5.41 Å². The third-order valence-electron chi connectivity index (χ3n) is 3.54. The molecular formula is C18H23N3O2S. The van der Waals surface area contributed by atoms with Gasteiger partial charge in [-0.3, -0.25) is 9.59 Å². The lowest BCUT2D eigenvalue weighted by Crippen LogP contribution is -2.27. The topological polar surface area (TPSA) is 71.1 Å². The number of hydrogen-bond acceptors (Lipinski definition) is 4. The first-order valence-electron chi connectivity index (χ1n) is 7.85. The van der Waals surface area contributed by atoms with Crippen LogP contribution < -0.4 is 10.6 Å². The Morgan fingerprint density at radius 3 is 2.58 bits per heavy atom. The summed E-state index contributed by atoms with van der Waals surface area (Å²) in [7, 11) is 0. The number of rotatable bonds is 5. The van der Waals surface area contributed by atoms with Gasteiger partial charge in [0.05, 0.1) is 11.2 Å². The zero-order chi connectivity index (χ0) is 17.7. The molecule has 0 aliphatic rings. The summed E-state index contributed by atoms with van der Waals surface area (Å²) in [5, 5.41) is 7.73. The highest BCUT2D eigenvalue weighted by Crippen LogP contribution is 2.23. The summed E-state index contributed by atoms with van der Waals surface area (Å²) < 4.78 is 0. The minimum Gasteiger partial charge on any atom is -0.326 e. The van der Waals surface area contributed by atoms with Crippen LogP contribution in [0.5, 0.6) is 0 Å². The van der Waals surface area contributed by atoms with Crippen LogP contribution in [0.25, 0.3) is 0 Å². The summed E-state index contributed by atoms with van der Waals surface area (Å²) in [6.45, 7) is 7.50. The molecule has 2 rings (SSSR count). The Balaban J connectivity index is 2.00. The van der Waals surface area contributed by atoms with Gasteiger partial charge in [0.15, 0.2) is 0 Å². The van der Waals surface area contributed by atoms with Crippen molar-refractivity contribution in [1.29, 1.82) is 0 Å². The molecule has 128 valence electrons. The van der Waals surface area contributed by atoms with E-state index in [0.29, 0.717) is 24.2 Å². The number of amides is 2. The zero-order valence-electron chi connectivity index (χ0n) is 14.5. The Bertz CT molecular complexity index is 718. The van der Waals surface area contributed by atoms with Crippen molar-refractivity contribution < 1.29 is 9.59 Å². The van der Waals surface area contributed by atoms with Crippen molar-refractivity contribution in [1.82, 2.24) is 4.98 Å². The molecule has 0 radical (unpaired) electrons. The number of carbonyl (C=O) groups is 2. The van der Waals surface area contributed by atoms with Crippen molar-refractivity contribution in [3.63, 3.8) is 0 Å². The van der Waals surface area contributed by atoms with Crippen LogP contribution in [0.1, 0.15) is 38.4 Å². The van der Waals surface area contributed by atoms with Crippen LogP contribution in [-0.2, 0) is 16.0 Å². The fourth-order valence-corrected chi connectivity index (χ4v) is 2.56. The van der Waals surface area contributed by atoms with Gasteiger partial charge in [-0.2, -0.15) is 0 Å². The molecular weight excluding hydrogens is 322 g/mol. The number of anilines is 2. The first-order chi connectivity index (χ1) is 11.3. The monoisotopic (exact) mass is 345 g/mol. The molecule has 0 spiro atoms. The average Bonchev–Trinajstić information content (AvgIpc) is 3.01. The SMILES string of the molecule is Cc1ccc(NC(=O)C(C)(C)C)cc1NC(=O)CCc1cscn1. The van der Waals surface area contributed by atoms with Gasteiger partial charge in [-0.05, 0) is 31.0 Å². The molecule has 0 aliphatic heterocycles. The summed E-state index contributed by atoms with van der Waals surface area (Å²) in [5.41, 5.74) is 4.56. The molecule has 1 aromatic heterocycles. The van der Waals surface area contributed by atoms with E-state index < -0.39 is 5.41 Å². The Hall–Kier alpha value is -2.21. The minimum absolute atomic E-state index is 0.0628. The number of benzene rings is 1. The number of nitrogens with one attached hydrogen (secondary N) is 2. The van der Waals surface area contributed by atoms with Gasteiger partial charge in [-0.15, -0.1) is 11.3 Å². The van der Waals surface area contributed by atoms with Crippen LogP contribution in [0, 0.1) is 12.3 Å². The molecule has 2 N–H and O–H groups in total. The molecule has 6 heteroatoms. The summed E-state index contributed by atoms with van der Waals surface area (Å²) in [4.78, 5) is 28.4. The molecule has 0 saturated carbocycles. The van der Waals surface area contributed by atoms with Crippen molar-refractivity contribution in [3.8, 4) is 0 Å². The third-order valence-corrected chi connectivity index (χ3v) is 4.18. The highest BCUT2D eigenvalue weighted by Gasteiger charge is 2.21. The molecule has 0 saturated heterocycles. The van der Waals surface area contributed by atoms with Gasteiger partial charge >= 0.3 is 0 Å². The first-order valence-corrected chi connectivity index (χ1v) is 8.79. The molecule has 0 aliphatic carbocycles. The predicted molar refractivity (Wildman–Crippen MR) is 98.3 cm³/mol. The molecule has 0 bridgehead atoms. The van der Waals surface area contributed by atoms with E-state index in [1.807, 2.05) is 45.2 Å². The third kappa shape index (κ3) is 5.16. The Labute approximate surface area is 146 Å². The van der Waals surface area contributed by atoms with Gasteiger partial charge < -0.3 is 10.6 Å². The van der Waals surface area contributed by atoms with Crippen LogP contribution in [0.15, 0.2) is 29.1 Å². The van der Waals surface area contributed by atoms with Crippen molar-refractivity contribution in [2.45, 2.75) is 40.5 Å². The quantitative estimate of drug-likeness (QED) is 0.860. The average molecular weight is 345 g/mol. The van der Waals surface area contributed by atoms with Crippen molar-refractivity contribution in [2.75, 3.05) is 10.6 Å². The number of carbonyl (C=O) groups excluding carboxylic acids is 2. The number of thiazole rings is 1. The lowest BCUT2D eigenvalue weighted by Gasteiger charge is -2.18. The number of aromatic nitrogens is 1. The Morgan fingerprint density at radius 1 is 1.21 bits per heavy atom. The van der Waals surface area contributed by atoms with Gasteiger partial charge in [0, 0.05) is 28.6 Å².